The molecule has 9 nitrogen and oxygen atoms in total. The predicted molar refractivity (Wildman–Crippen MR) is 142 cm³/mol. The Hall–Kier alpha value is -3.81. The van der Waals surface area contributed by atoms with Crippen LogP contribution in [-0.2, 0) is 4.79 Å². The number of methoxy groups -OCH3 is 1. The molecule has 0 atom stereocenters. The summed E-state index contributed by atoms with van der Waals surface area (Å²) in [6, 6.07) is 3.87. The molecule has 0 saturated carbocycles. The number of urea groups is 1. The number of hydrogen-bond acceptors (Lipinski definition) is 6. The van der Waals surface area contributed by atoms with E-state index in [9.17, 15) is 9.59 Å². The lowest BCUT2D eigenvalue weighted by molar-refractivity contribution is -0.126. The predicted octanol–water partition coefficient (Wildman–Crippen LogP) is 5.19. The molecule has 3 heterocycles. The van der Waals surface area contributed by atoms with Crippen LogP contribution in [0.2, 0.25) is 10.0 Å². The van der Waals surface area contributed by atoms with E-state index < -0.39 is 11.8 Å². The van der Waals surface area contributed by atoms with Gasteiger partial charge in [-0.15, -0.1) is 0 Å². The van der Waals surface area contributed by atoms with Crippen molar-refractivity contribution < 1.29 is 23.5 Å². The first-order chi connectivity index (χ1) is 18.3. The van der Waals surface area contributed by atoms with E-state index in [0.717, 1.165) is 4.90 Å². The molecule has 196 valence electrons. The number of aromatic nitrogens is 2. The van der Waals surface area contributed by atoms with E-state index in [1.807, 2.05) is 0 Å². The molecule has 38 heavy (non-hydrogen) atoms. The summed E-state index contributed by atoms with van der Waals surface area (Å²) in [5, 5.41) is 0.194. The van der Waals surface area contributed by atoms with Gasteiger partial charge in [-0.3, -0.25) is 9.69 Å². The second-order valence-corrected chi connectivity index (χ2v) is 9.49. The standard InChI is InChI=1S/C26H22Cl2FN5O4/c1-4-5-19(35)33-10-8-14(9-11-33)38-24-18(37-3)12-16-20-23(24)32(2)26(36)34(25(20)31-13-30-16)17-7-6-15(27)21(28)22(17)29/h6-7,12-14H,8-11H2,1-3H3. The Morgan fingerprint density at radius 1 is 1.21 bits per heavy atom. The molecule has 0 aliphatic carbocycles. The summed E-state index contributed by atoms with van der Waals surface area (Å²) in [5.41, 5.74) is 0.761. The lowest BCUT2D eigenvalue weighted by Gasteiger charge is -2.37. The van der Waals surface area contributed by atoms with Crippen LogP contribution in [0.25, 0.3) is 10.9 Å². The van der Waals surface area contributed by atoms with Crippen molar-refractivity contribution in [1.29, 1.82) is 0 Å². The van der Waals surface area contributed by atoms with E-state index in [4.69, 9.17) is 32.7 Å². The first-order valence-corrected chi connectivity index (χ1v) is 12.5. The van der Waals surface area contributed by atoms with Crippen LogP contribution in [-0.4, -0.2) is 60.2 Å². The van der Waals surface area contributed by atoms with Gasteiger partial charge in [0, 0.05) is 39.0 Å². The average molecular weight is 558 g/mol. The SMILES string of the molecule is CC#CC(=O)N1CCC(Oc2c(OC)cc3ncnc4c3c2N(C)C(=O)N4c2ccc(Cl)c(Cl)c2F)CC1. The van der Waals surface area contributed by atoms with Gasteiger partial charge in [-0.25, -0.2) is 24.1 Å². The Bertz CT molecular complexity index is 1530. The molecule has 5 rings (SSSR count). The highest BCUT2D eigenvalue weighted by atomic mass is 35.5. The third-order valence-electron chi connectivity index (χ3n) is 6.55. The fraction of sp³-hybridized carbons (Fsp3) is 0.308. The van der Waals surface area contributed by atoms with Crippen molar-refractivity contribution in [3.63, 3.8) is 0 Å². The number of amides is 3. The average Bonchev–Trinajstić information content (AvgIpc) is 2.92. The fourth-order valence-corrected chi connectivity index (χ4v) is 4.98. The summed E-state index contributed by atoms with van der Waals surface area (Å²) in [6.07, 6.45) is 2.16. The molecule has 1 aromatic heterocycles. The van der Waals surface area contributed by atoms with Crippen molar-refractivity contribution in [1.82, 2.24) is 14.9 Å². The summed E-state index contributed by atoms with van der Waals surface area (Å²) in [7, 11) is 3.04. The van der Waals surface area contributed by atoms with Crippen molar-refractivity contribution in [2.45, 2.75) is 25.9 Å². The van der Waals surface area contributed by atoms with Crippen molar-refractivity contribution in [2.24, 2.45) is 0 Å². The van der Waals surface area contributed by atoms with Crippen LogP contribution in [0.15, 0.2) is 24.5 Å². The Morgan fingerprint density at radius 2 is 1.95 bits per heavy atom. The zero-order chi connectivity index (χ0) is 27.1. The van der Waals surface area contributed by atoms with Crippen LogP contribution in [0.5, 0.6) is 11.5 Å². The molecular formula is C26H22Cl2FN5O4. The van der Waals surface area contributed by atoms with Gasteiger partial charge in [0.1, 0.15) is 18.1 Å². The number of piperidine rings is 1. The van der Waals surface area contributed by atoms with E-state index in [-0.39, 0.29) is 33.6 Å². The third-order valence-corrected chi connectivity index (χ3v) is 7.33. The molecule has 0 bridgehead atoms. The maximum absolute atomic E-state index is 15.2. The van der Waals surface area contributed by atoms with Crippen molar-refractivity contribution in [3.8, 4) is 23.3 Å². The molecule has 0 N–H and O–H groups in total. The highest BCUT2D eigenvalue weighted by molar-refractivity contribution is 6.42. The Morgan fingerprint density at radius 3 is 2.63 bits per heavy atom. The largest absolute Gasteiger partial charge is 0.493 e. The number of carbonyl (C=O) groups excluding carboxylic acids is 2. The monoisotopic (exact) mass is 557 g/mol. The minimum atomic E-state index is -0.852. The Balaban J connectivity index is 1.60. The van der Waals surface area contributed by atoms with Crippen LogP contribution in [0.1, 0.15) is 19.8 Å². The molecular weight excluding hydrogens is 536 g/mol. The quantitative estimate of drug-likeness (QED) is 0.324. The smallest absolute Gasteiger partial charge is 0.334 e. The van der Waals surface area contributed by atoms with E-state index >= 15 is 4.39 Å². The first kappa shape index (κ1) is 25.8. The second-order valence-electron chi connectivity index (χ2n) is 8.70. The number of anilines is 3. The minimum absolute atomic E-state index is 0.0221. The minimum Gasteiger partial charge on any atom is -0.493 e. The maximum atomic E-state index is 15.2. The number of halogens is 3. The lowest BCUT2D eigenvalue weighted by atomic mass is 10.1. The summed E-state index contributed by atoms with van der Waals surface area (Å²) >= 11 is 12.0. The van der Waals surface area contributed by atoms with Gasteiger partial charge in [0.05, 0.1) is 33.7 Å². The molecule has 3 aromatic rings. The second kappa shape index (κ2) is 10.2. The highest BCUT2D eigenvalue weighted by Gasteiger charge is 2.39. The first-order valence-electron chi connectivity index (χ1n) is 11.7. The molecule has 12 heteroatoms. The zero-order valence-corrected chi connectivity index (χ0v) is 22.2. The third kappa shape index (κ3) is 4.22. The maximum Gasteiger partial charge on any atom is 0.334 e. The topological polar surface area (TPSA) is 88.1 Å². The van der Waals surface area contributed by atoms with Gasteiger partial charge in [0.2, 0.25) is 0 Å². The number of carbonyl (C=O) groups is 2. The number of ether oxygens (including phenoxy) is 2. The van der Waals surface area contributed by atoms with Crippen LogP contribution >= 0.6 is 23.2 Å². The molecule has 1 fully saturated rings. The summed E-state index contributed by atoms with van der Waals surface area (Å²) in [4.78, 5) is 38.7. The van der Waals surface area contributed by atoms with E-state index in [1.165, 1.54) is 30.5 Å². The van der Waals surface area contributed by atoms with Crippen molar-refractivity contribution in [3.05, 3.63) is 40.4 Å². The van der Waals surface area contributed by atoms with Crippen molar-refractivity contribution in [2.75, 3.05) is 37.0 Å². The van der Waals surface area contributed by atoms with E-state index in [0.29, 0.717) is 54.0 Å². The van der Waals surface area contributed by atoms with E-state index in [2.05, 4.69) is 21.8 Å². The van der Waals surface area contributed by atoms with Gasteiger partial charge in [0.25, 0.3) is 5.91 Å². The summed E-state index contributed by atoms with van der Waals surface area (Å²) < 4.78 is 27.2. The van der Waals surface area contributed by atoms with Crippen LogP contribution in [0.4, 0.5) is 26.4 Å². The Labute approximate surface area is 228 Å². The molecule has 2 aromatic carbocycles. The highest BCUT2D eigenvalue weighted by Crippen LogP contribution is 2.51. The van der Waals surface area contributed by atoms with Gasteiger partial charge in [-0.05, 0) is 25.0 Å². The van der Waals surface area contributed by atoms with Gasteiger partial charge < -0.3 is 14.4 Å². The number of nitrogens with zero attached hydrogens (tertiary/aromatic N) is 5. The molecule has 0 radical (unpaired) electrons. The molecule has 3 amide bonds. The summed E-state index contributed by atoms with van der Waals surface area (Å²) in [5.74, 6) is 4.99. The van der Waals surface area contributed by atoms with Gasteiger partial charge >= 0.3 is 6.03 Å². The molecule has 2 aliphatic rings. The van der Waals surface area contributed by atoms with Gasteiger partial charge in [0.15, 0.2) is 23.1 Å². The normalized spacial score (nSPS) is 15.4. The van der Waals surface area contributed by atoms with Gasteiger partial charge in [-0.2, -0.15) is 0 Å². The Kier molecular flexibility index (Phi) is 6.90. The molecule has 0 spiro atoms. The zero-order valence-electron chi connectivity index (χ0n) is 20.7. The molecule has 2 aliphatic heterocycles. The van der Waals surface area contributed by atoms with E-state index in [1.54, 1.807) is 24.9 Å². The molecule has 1 saturated heterocycles. The fourth-order valence-electron chi connectivity index (χ4n) is 4.67. The van der Waals surface area contributed by atoms with Crippen LogP contribution in [0.3, 0.4) is 0 Å². The van der Waals surface area contributed by atoms with Gasteiger partial charge in [-0.1, -0.05) is 29.1 Å². The van der Waals surface area contributed by atoms with Crippen molar-refractivity contribution >= 4 is 63.2 Å². The number of benzene rings is 2. The molecule has 0 unspecified atom stereocenters. The number of likely N-dealkylation sites (tertiary alicyclic amines) is 1. The van der Waals surface area contributed by atoms with Crippen LogP contribution in [0, 0.1) is 17.7 Å². The van der Waals surface area contributed by atoms with Crippen LogP contribution < -0.4 is 19.3 Å². The lowest BCUT2D eigenvalue weighted by Crippen LogP contribution is -2.43. The number of hydrogen-bond donors (Lipinski definition) is 0. The number of rotatable bonds is 4. The summed E-state index contributed by atoms with van der Waals surface area (Å²) in [6.45, 7) is 2.59.